The number of esters is 1. The van der Waals surface area contributed by atoms with Crippen LogP contribution in [0.1, 0.15) is 11.7 Å². The highest BCUT2D eigenvalue weighted by Crippen LogP contribution is 2.27. The molecule has 16 heavy (non-hydrogen) atoms. The molecule has 1 aromatic carbocycles. The van der Waals surface area contributed by atoms with E-state index in [1.807, 2.05) is 0 Å². The molecule has 1 N–H and O–H groups in total. The van der Waals surface area contributed by atoms with E-state index >= 15 is 0 Å². The number of hydrogen-bond donors (Lipinski definition) is 1. The molecule has 0 bridgehead atoms. The number of hydrogen-bond acceptors (Lipinski definition) is 4. The Kier molecular flexibility index (Phi) is 2.62. The summed E-state index contributed by atoms with van der Waals surface area (Å²) in [6.07, 6.45) is -0.188. The molecule has 0 aliphatic heterocycles. The summed E-state index contributed by atoms with van der Waals surface area (Å²) < 4.78 is 22.7. The standard InChI is InChI=1S/C11H9FO4/c1-15-11(14)9(13)8-5-7(12)4-6-2-3-16-10(6)8/h2-5,9,13H,1H3. The zero-order chi connectivity index (χ0) is 11.7. The van der Waals surface area contributed by atoms with Crippen molar-refractivity contribution in [3.8, 4) is 0 Å². The quantitative estimate of drug-likeness (QED) is 0.790. The maximum Gasteiger partial charge on any atom is 0.339 e. The highest BCUT2D eigenvalue weighted by Gasteiger charge is 2.22. The first-order chi connectivity index (χ1) is 7.63. The van der Waals surface area contributed by atoms with Crippen LogP contribution in [0.4, 0.5) is 4.39 Å². The molecule has 2 rings (SSSR count). The van der Waals surface area contributed by atoms with Crippen LogP contribution in [0.2, 0.25) is 0 Å². The molecule has 1 heterocycles. The molecule has 0 radical (unpaired) electrons. The van der Waals surface area contributed by atoms with Gasteiger partial charge in [-0.2, -0.15) is 0 Å². The van der Waals surface area contributed by atoms with Gasteiger partial charge in [-0.3, -0.25) is 0 Å². The van der Waals surface area contributed by atoms with Gasteiger partial charge in [0.05, 0.1) is 13.4 Å². The second-order valence-electron chi connectivity index (χ2n) is 3.26. The van der Waals surface area contributed by atoms with Gasteiger partial charge in [-0.25, -0.2) is 9.18 Å². The van der Waals surface area contributed by atoms with E-state index in [0.29, 0.717) is 5.39 Å². The van der Waals surface area contributed by atoms with Crippen LogP contribution in [-0.4, -0.2) is 18.2 Å². The van der Waals surface area contributed by atoms with Crippen molar-refractivity contribution in [1.82, 2.24) is 0 Å². The lowest BCUT2D eigenvalue weighted by Crippen LogP contribution is -2.13. The normalized spacial score (nSPS) is 12.7. The monoisotopic (exact) mass is 224 g/mol. The lowest BCUT2D eigenvalue weighted by atomic mass is 10.1. The van der Waals surface area contributed by atoms with E-state index in [9.17, 15) is 14.3 Å². The summed E-state index contributed by atoms with van der Waals surface area (Å²) in [5.74, 6) is -1.41. The molecule has 1 unspecified atom stereocenters. The fourth-order valence-electron chi connectivity index (χ4n) is 1.51. The van der Waals surface area contributed by atoms with Crippen molar-refractivity contribution in [2.45, 2.75) is 6.10 Å². The molecule has 5 heteroatoms. The number of aliphatic hydroxyl groups is 1. The SMILES string of the molecule is COC(=O)C(O)c1cc(F)cc2ccoc12. The predicted molar refractivity (Wildman–Crippen MR) is 53.1 cm³/mol. The third-order valence-corrected chi connectivity index (χ3v) is 2.26. The smallest absolute Gasteiger partial charge is 0.339 e. The van der Waals surface area contributed by atoms with Crippen LogP contribution >= 0.6 is 0 Å². The average Bonchev–Trinajstić information content (AvgIpc) is 2.73. The minimum atomic E-state index is -1.55. The van der Waals surface area contributed by atoms with Crippen LogP contribution in [0, 0.1) is 5.82 Å². The lowest BCUT2D eigenvalue weighted by molar-refractivity contribution is -0.150. The Labute approximate surface area is 90.2 Å². The summed E-state index contributed by atoms with van der Waals surface area (Å²) in [6, 6.07) is 3.85. The number of aliphatic hydroxyl groups excluding tert-OH is 1. The van der Waals surface area contributed by atoms with E-state index in [0.717, 1.165) is 13.2 Å². The maximum absolute atomic E-state index is 13.2. The summed E-state index contributed by atoms with van der Waals surface area (Å²) in [7, 11) is 1.14. The zero-order valence-electron chi connectivity index (χ0n) is 8.44. The number of halogens is 1. The molecular formula is C11H9FO4. The van der Waals surface area contributed by atoms with Crippen LogP contribution in [0.3, 0.4) is 0 Å². The van der Waals surface area contributed by atoms with Crippen molar-refractivity contribution in [3.63, 3.8) is 0 Å². The van der Waals surface area contributed by atoms with Gasteiger partial charge in [0.2, 0.25) is 0 Å². The minimum absolute atomic E-state index is 0.0619. The first kappa shape index (κ1) is 10.6. The van der Waals surface area contributed by atoms with Gasteiger partial charge in [0, 0.05) is 10.9 Å². The summed E-state index contributed by atoms with van der Waals surface area (Å²) in [6.45, 7) is 0. The molecule has 2 aromatic rings. The van der Waals surface area contributed by atoms with Gasteiger partial charge < -0.3 is 14.3 Å². The lowest BCUT2D eigenvalue weighted by Gasteiger charge is -2.08. The number of benzene rings is 1. The molecule has 0 saturated carbocycles. The summed E-state index contributed by atoms with van der Waals surface area (Å²) in [5.41, 5.74) is 0.339. The van der Waals surface area contributed by atoms with E-state index in [-0.39, 0.29) is 11.1 Å². The molecule has 0 aliphatic carbocycles. The van der Waals surface area contributed by atoms with Crippen LogP contribution in [0.25, 0.3) is 11.0 Å². The molecule has 4 nitrogen and oxygen atoms in total. The number of rotatable bonds is 2. The number of methoxy groups -OCH3 is 1. The van der Waals surface area contributed by atoms with Crippen molar-refractivity contribution in [2.75, 3.05) is 7.11 Å². The number of furan rings is 1. The van der Waals surface area contributed by atoms with Gasteiger partial charge in [-0.05, 0) is 18.2 Å². The van der Waals surface area contributed by atoms with Crippen LogP contribution in [0.15, 0.2) is 28.9 Å². The predicted octanol–water partition coefficient (Wildman–Crippen LogP) is 1.78. The Balaban J connectivity index is 2.58. The molecule has 0 amide bonds. The fraction of sp³-hybridized carbons (Fsp3) is 0.182. The van der Waals surface area contributed by atoms with E-state index in [1.165, 1.54) is 12.3 Å². The first-order valence-corrected chi connectivity index (χ1v) is 4.56. The molecule has 0 aliphatic rings. The highest BCUT2D eigenvalue weighted by molar-refractivity contribution is 5.86. The molecule has 84 valence electrons. The van der Waals surface area contributed by atoms with Gasteiger partial charge in [-0.1, -0.05) is 0 Å². The van der Waals surface area contributed by atoms with Gasteiger partial charge in [0.1, 0.15) is 11.4 Å². The largest absolute Gasteiger partial charge is 0.467 e. The molecular weight excluding hydrogens is 215 g/mol. The molecule has 1 atom stereocenters. The van der Waals surface area contributed by atoms with Crippen molar-refractivity contribution in [3.05, 3.63) is 35.8 Å². The second-order valence-corrected chi connectivity index (χ2v) is 3.26. The van der Waals surface area contributed by atoms with Gasteiger partial charge in [0.25, 0.3) is 0 Å². The van der Waals surface area contributed by atoms with E-state index < -0.39 is 17.9 Å². The Morgan fingerprint density at radius 3 is 3.00 bits per heavy atom. The Hall–Kier alpha value is -1.88. The van der Waals surface area contributed by atoms with Crippen molar-refractivity contribution in [2.24, 2.45) is 0 Å². The molecule has 0 saturated heterocycles. The fourth-order valence-corrected chi connectivity index (χ4v) is 1.51. The van der Waals surface area contributed by atoms with E-state index in [2.05, 4.69) is 4.74 Å². The Morgan fingerprint density at radius 2 is 2.31 bits per heavy atom. The molecule has 0 fully saturated rings. The molecule has 0 spiro atoms. The van der Waals surface area contributed by atoms with Crippen LogP contribution < -0.4 is 0 Å². The summed E-state index contributed by atoms with van der Waals surface area (Å²) in [4.78, 5) is 11.2. The zero-order valence-corrected chi connectivity index (χ0v) is 8.44. The number of carbonyl (C=O) groups is 1. The second kappa shape index (κ2) is 3.94. The summed E-state index contributed by atoms with van der Waals surface area (Å²) >= 11 is 0. The highest BCUT2D eigenvalue weighted by atomic mass is 19.1. The van der Waals surface area contributed by atoms with Crippen molar-refractivity contribution >= 4 is 16.9 Å². The Morgan fingerprint density at radius 1 is 1.56 bits per heavy atom. The van der Waals surface area contributed by atoms with Gasteiger partial charge >= 0.3 is 5.97 Å². The number of carbonyl (C=O) groups excluding carboxylic acids is 1. The minimum Gasteiger partial charge on any atom is -0.467 e. The summed E-state index contributed by atoms with van der Waals surface area (Å²) in [5, 5.41) is 10.1. The van der Waals surface area contributed by atoms with Crippen molar-refractivity contribution in [1.29, 1.82) is 0 Å². The third kappa shape index (κ3) is 1.65. The van der Waals surface area contributed by atoms with Crippen LogP contribution in [0.5, 0.6) is 0 Å². The maximum atomic E-state index is 13.2. The average molecular weight is 224 g/mol. The van der Waals surface area contributed by atoms with Gasteiger partial charge in [-0.15, -0.1) is 0 Å². The van der Waals surface area contributed by atoms with E-state index in [4.69, 9.17) is 4.42 Å². The first-order valence-electron chi connectivity index (χ1n) is 4.56. The molecule has 1 aromatic heterocycles. The van der Waals surface area contributed by atoms with E-state index in [1.54, 1.807) is 6.07 Å². The topological polar surface area (TPSA) is 59.7 Å². The number of fused-ring (bicyclic) bond motifs is 1. The van der Waals surface area contributed by atoms with Crippen molar-refractivity contribution < 1.29 is 23.4 Å². The third-order valence-electron chi connectivity index (χ3n) is 2.26. The Bertz CT molecular complexity index is 532. The number of ether oxygens (including phenoxy) is 1. The van der Waals surface area contributed by atoms with Crippen LogP contribution in [-0.2, 0) is 9.53 Å². The van der Waals surface area contributed by atoms with Gasteiger partial charge in [0.15, 0.2) is 6.10 Å².